The van der Waals surface area contributed by atoms with Crippen LogP contribution in [0.5, 0.6) is 11.5 Å². The Hall–Kier alpha value is -1.62. The predicted molar refractivity (Wildman–Crippen MR) is 126 cm³/mol. The van der Waals surface area contributed by atoms with Gasteiger partial charge < -0.3 is 15.2 Å². The highest BCUT2D eigenvalue weighted by atomic mass is 35.5. The molecule has 0 unspecified atom stereocenters. The molecule has 2 aliphatic rings. The maximum absolute atomic E-state index is 10.6. The number of phenols is 1. The van der Waals surface area contributed by atoms with E-state index >= 15 is 0 Å². The van der Waals surface area contributed by atoms with Crippen molar-refractivity contribution in [2.45, 2.75) is 12.6 Å². The van der Waals surface area contributed by atoms with Crippen molar-refractivity contribution in [2.24, 2.45) is 0 Å². The van der Waals surface area contributed by atoms with Crippen molar-refractivity contribution >= 4 is 33.2 Å². The van der Waals surface area contributed by atoms with Crippen LogP contribution in [-0.2, 0) is 6.54 Å². The molecule has 0 aliphatic carbocycles. The summed E-state index contributed by atoms with van der Waals surface area (Å²) in [7, 11) is -1.09. The van der Waals surface area contributed by atoms with Gasteiger partial charge in [-0.3, -0.25) is 4.90 Å². The summed E-state index contributed by atoms with van der Waals surface area (Å²) in [5, 5.41) is 18.1. The van der Waals surface area contributed by atoms with Crippen LogP contribution >= 0.6 is 33.2 Å². The number of phenolic OH excluding ortho intramolecular Hbond substituents is 1. The molecule has 160 valence electrons. The van der Waals surface area contributed by atoms with Crippen LogP contribution in [0.15, 0.2) is 18.2 Å². The summed E-state index contributed by atoms with van der Waals surface area (Å²) in [6.07, 6.45) is 6.35. The van der Waals surface area contributed by atoms with Crippen LogP contribution in [0.25, 0.3) is 11.1 Å². The van der Waals surface area contributed by atoms with Gasteiger partial charge in [0.05, 0.1) is 21.8 Å². The number of rotatable bonds is 1. The quantitative estimate of drug-likeness (QED) is 0.624. The van der Waals surface area contributed by atoms with E-state index in [4.69, 9.17) is 32.9 Å². The molecule has 1 atom stereocenters. The summed E-state index contributed by atoms with van der Waals surface area (Å²) < 4.78 is 6.15. The molecule has 1 aromatic carbocycles. The van der Waals surface area contributed by atoms with Crippen molar-refractivity contribution in [2.75, 3.05) is 45.0 Å². The maximum Gasteiger partial charge on any atom is 0.161 e. The molecule has 0 bridgehead atoms. The minimum atomic E-state index is -1.09. The molecule has 0 spiro atoms. The van der Waals surface area contributed by atoms with Crippen molar-refractivity contribution in [3.63, 3.8) is 0 Å². The van der Waals surface area contributed by atoms with Gasteiger partial charge in [0.1, 0.15) is 18.1 Å². The summed E-state index contributed by atoms with van der Waals surface area (Å²) in [6, 6.07) is 5.26. The van der Waals surface area contributed by atoms with Gasteiger partial charge >= 0.3 is 0 Å². The first kappa shape index (κ1) is 21.6. The van der Waals surface area contributed by atoms with E-state index in [1.54, 1.807) is 18.2 Å². The van der Waals surface area contributed by atoms with Gasteiger partial charge in [0.2, 0.25) is 0 Å². The lowest BCUT2D eigenvalue weighted by Gasteiger charge is -2.33. The minimum Gasteiger partial charge on any atom is -0.507 e. The second-order valence-electron chi connectivity index (χ2n) is 8.26. The van der Waals surface area contributed by atoms with E-state index in [9.17, 15) is 5.11 Å². The van der Waals surface area contributed by atoms with Gasteiger partial charge in [0.15, 0.2) is 5.75 Å². The average Bonchev–Trinajstić information content (AvgIpc) is 2.86. The number of fused-ring (bicyclic) bond motifs is 2. The van der Waals surface area contributed by atoms with Gasteiger partial charge in [0.25, 0.3) is 0 Å². The Morgan fingerprint density at radius 2 is 2.07 bits per heavy atom. The zero-order valence-electron chi connectivity index (χ0n) is 17.3. The average molecular weight is 466 g/mol. The molecule has 1 saturated heterocycles. The molecule has 2 aromatic rings. The van der Waals surface area contributed by atoms with E-state index in [0.717, 1.165) is 25.3 Å². The van der Waals surface area contributed by atoms with Crippen molar-refractivity contribution in [1.82, 2.24) is 15.2 Å². The molecule has 0 saturated carbocycles. The summed E-state index contributed by atoms with van der Waals surface area (Å²) >= 11 is 13.4. The summed E-state index contributed by atoms with van der Waals surface area (Å²) in [6.45, 7) is 3.89. The molecule has 2 N–H and O–H groups in total. The number of pyridine rings is 1. The third kappa shape index (κ3) is 4.37. The van der Waals surface area contributed by atoms with Gasteiger partial charge in [-0.25, -0.2) is 4.98 Å². The van der Waals surface area contributed by atoms with Gasteiger partial charge in [-0.05, 0) is 42.1 Å². The van der Waals surface area contributed by atoms with Crippen molar-refractivity contribution in [3.8, 4) is 33.8 Å². The van der Waals surface area contributed by atoms with E-state index in [1.807, 2.05) is 0 Å². The number of nitrogens with one attached hydrogen (secondary N) is 1. The smallest absolute Gasteiger partial charge is 0.161 e. The molecule has 2 aliphatic heterocycles. The fourth-order valence-corrected chi connectivity index (χ4v) is 4.68. The Morgan fingerprint density at radius 1 is 1.27 bits per heavy atom. The number of piperazine rings is 1. The van der Waals surface area contributed by atoms with Crippen LogP contribution in [0.4, 0.5) is 0 Å². The first-order chi connectivity index (χ1) is 14.2. The molecular weight excluding hydrogens is 441 g/mol. The number of nitrogens with zero attached hydrogens (tertiary/aromatic N) is 2. The highest BCUT2D eigenvalue weighted by molar-refractivity contribution is 8.35. The second-order valence-corrected chi connectivity index (χ2v) is 12.9. The standard InChI is InChI=1S/C22H25Cl2N3O2S/c1-30(2,3)10-7-16-20(19-15(23)5-4-6-18(19)28)21(24)22-17(26-16)12-27-9-8-25-11-14(27)13-29-22/h4-6,14,25,28H,8-9,11-13H2,1-3H3/t14-/m1/s1. The zero-order chi connectivity index (χ0) is 21.5. The molecule has 4 rings (SSSR count). The van der Waals surface area contributed by atoms with Crippen LogP contribution < -0.4 is 10.1 Å². The topological polar surface area (TPSA) is 57.6 Å². The fraction of sp³-hybridized carbons (Fsp3) is 0.409. The molecular formula is C22H25Cl2N3O2S. The molecule has 8 heteroatoms. The molecule has 1 aromatic heterocycles. The number of hydrogen-bond acceptors (Lipinski definition) is 5. The molecule has 5 nitrogen and oxygen atoms in total. The summed E-state index contributed by atoms with van der Waals surface area (Å²) in [5.41, 5.74) is 2.24. The zero-order valence-corrected chi connectivity index (χ0v) is 19.6. The van der Waals surface area contributed by atoms with Crippen LogP contribution in [0.2, 0.25) is 10.0 Å². The summed E-state index contributed by atoms with van der Waals surface area (Å²) in [5.74, 6) is 3.81. The molecule has 3 heterocycles. The van der Waals surface area contributed by atoms with Gasteiger partial charge in [0, 0.05) is 37.3 Å². The van der Waals surface area contributed by atoms with Crippen molar-refractivity contribution in [3.05, 3.63) is 39.6 Å². The Morgan fingerprint density at radius 3 is 2.80 bits per heavy atom. The summed E-state index contributed by atoms with van der Waals surface area (Å²) in [4.78, 5) is 7.25. The molecule has 1 fully saturated rings. The van der Waals surface area contributed by atoms with Gasteiger partial charge in [-0.1, -0.05) is 29.3 Å². The lowest BCUT2D eigenvalue weighted by Crippen LogP contribution is -2.52. The Kier molecular flexibility index (Phi) is 6.11. The van der Waals surface area contributed by atoms with E-state index < -0.39 is 10.0 Å². The lowest BCUT2D eigenvalue weighted by molar-refractivity contribution is 0.119. The Bertz CT molecular complexity index is 1020. The lowest BCUT2D eigenvalue weighted by atomic mass is 10.0. The largest absolute Gasteiger partial charge is 0.507 e. The van der Waals surface area contributed by atoms with Crippen LogP contribution in [0, 0.1) is 11.2 Å². The molecule has 0 radical (unpaired) electrons. The third-order valence-corrected chi connectivity index (χ3v) is 6.52. The van der Waals surface area contributed by atoms with Crippen molar-refractivity contribution < 1.29 is 9.84 Å². The van der Waals surface area contributed by atoms with E-state index in [2.05, 4.69) is 40.2 Å². The third-order valence-electron chi connectivity index (χ3n) is 5.13. The van der Waals surface area contributed by atoms with Crippen LogP contribution in [0.3, 0.4) is 0 Å². The molecule has 30 heavy (non-hydrogen) atoms. The SMILES string of the molecule is CS(C)(C)C#Cc1nc2c(c(Cl)c1-c1c(O)cccc1Cl)OC[C@H]1CNCCN1C2. The van der Waals surface area contributed by atoms with Gasteiger partial charge in [-0.2, -0.15) is 10.0 Å². The monoisotopic (exact) mass is 465 g/mol. The van der Waals surface area contributed by atoms with E-state index in [1.165, 1.54) is 0 Å². The number of hydrogen-bond donors (Lipinski definition) is 2. The number of aromatic nitrogens is 1. The van der Waals surface area contributed by atoms with E-state index in [-0.39, 0.29) is 11.8 Å². The highest BCUT2D eigenvalue weighted by Gasteiger charge is 2.31. The Labute approximate surface area is 189 Å². The maximum atomic E-state index is 10.6. The minimum absolute atomic E-state index is 0.0348. The van der Waals surface area contributed by atoms with Crippen LogP contribution in [0.1, 0.15) is 11.4 Å². The number of benzene rings is 1. The molecule has 0 amide bonds. The van der Waals surface area contributed by atoms with Gasteiger partial charge in [-0.15, -0.1) is 0 Å². The van der Waals surface area contributed by atoms with E-state index in [0.29, 0.717) is 45.8 Å². The van der Waals surface area contributed by atoms with Crippen LogP contribution in [-0.4, -0.2) is 66.0 Å². The number of ether oxygens (including phenoxy) is 1. The highest BCUT2D eigenvalue weighted by Crippen LogP contribution is 2.46. The predicted octanol–water partition coefficient (Wildman–Crippen LogP) is 3.93. The van der Waals surface area contributed by atoms with Crippen molar-refractivity contribution in [1.29, 1.82) is 0 Å². The second kappa shape index (κ2) is 8.49. The fourth-order valence-electron chi connectivity index (χ4n) is 3.67. The Balaban J connectivity index is 1.93. The number of aromatic hydroxyl groups is 1. The number of halogens is 2. The first-order valence-corrected chi connectivity index (χ1v) is 13.3. The first-order valence-electron chi connectivity index (χ1n) is 9.73. The normalized spacial score (nSPS) is 19.6.